The highest BCUT2D eigenvalue weighted by molar-refractivity contribution is 9.10. The summed E-state index contributed by atoms with van der Waals surface area (Å²) in [5.74, 6) is -0.944. The van der Waals surface area contributed by atoms with Crippen LogP contribution in [0.3, 0.4) is 0 Å². The van der Waals surface area contributed by atoms with E-state index < -0.39 is 17.0 Å². The molecule has 1 heterocycles. The molecule has 25 heavy (non-hydrogen) atoms. The van der Waals surface area contributed by atoms with E-state index in [-0.39, 0.29) is 12.0 Å². The Bertz CT molecular complexity index is 655. The fourth-order valence-corrected chi connectivity index (χ4v) is 3.68. The molecule has 1 fully saturated rings. The molecule has 138 valence electrons. The van der Waals surface area contributed by atoms with Gasteiger partial charge in [0.25, 0.3) is 0 Å². The summed E-state index contributed by atoms with van der Waals surface area (Å²) in [6.45, 7) is 8.19. The van der Waals surface area contributed by atoms with Gasteiger partial charge in [-0.25, -0.2) is 4.79 Å². The number of carboxylic acid groups (broad SMARTS) is 1. The third-order valence-corrected chi connectivity index (χ3v) is 5.18. The van der Waals surface area contributed by atoms with Gasteiger partial charge < -0.3 is 14.7 Å². The average Bonchev–Trinajstić information content (AvgIpc) is 2.95. The standard InChI is InChI=1S/C19H26BrNO4/c1-18(2,3)25-17(24)21-9-8-14(12-21)19(4,16(22)23)11-13-6-5-7-15(20)10-13/h5-7,10,14H,8-9,11-12H2,1-4H3,(H,22,23)/t14-,19?/m0/s1. The van der Waals surface area contributed by atoms with Crippen LogP contribution in [0, 0.1) is 11.3 Å². The molecule has 5 nitrogen and oxygen atoms in total. The van der Waals surface area contributed by atoms with Crippen LogP contribution in [-0.4, -0.2) is 40.8 Å². The van der Waals surface area contributed by atoms with Crippen LogP contribution in [0.2, 0.25) is 0 Å². The maximum Gasteiger partial charge on any atom is 0.410 e. The van der Waals surface area contributed by atoms with E-state index in [9.17, 15) is 14.7 Å². The van der Waals surface area contributed by atoms with E-state index in [1.165, 1.54) is 0 Å². The van der Waals surface area contributed by atoms with Crippen molar-refractivity contribution in [3.05, 3.63) is 34.3 Å². The van der Waals surface area contributed by atoms with E-state index >= 15 is 0 Å². The zero-order valence-electron chi connectivity index (χ0n) is 15.2. The highest BCUT2D eigenvalue weighted by Gasteiger charge is 2.46. The number of carbonyl (C=O) groups is 2. The second-order valence-corrected chi connectivity index (χ2v) is 8.86. The van der Waals surface area contributed by atoms with Crippen LogP contribution < -0.4 is 0 Å². The molecule has 1 aromatic carbocycles. The predicted octanol–water partition coefficient (Wildman–Crippen LogP) is 4.34. The smallest absolute Gasteiger partial charge is 0.410 e. The Kier molecular flexibility index (Phi) is 5.82. The van der Waals surface area contributed by atoms with Crippen LogP contribution in [0.5, 0.6) is 0 Å². The third-order valence-electron chi connectivity index (χ3n) is 4.69. The number of hydrogen-bond donors (Lipinski definition) is 1. The molecule has 1 aromatic rings. The number of amides is 1. The molecule has 2 atom stereocenters. The van der Waals surface area contributed by atoms with Crippen molar-refractivity contribution in [1.29, 1.82) is 0 Å². The van der Waals surface area contributed by atoms with Gasteiger partial charge in [-0.3, -0.25) is 4.79 Å². The van der Waals surface area contributed by atoms with Crippen molar-refractivity contribution in [2.45, 2.75) is 46.1 Å². The number of aliphatic carboxylic acids is 1. The number of benzene rings is 1. The molecule has 0 spiro atoms. The fourth-order valence-electron chi connectivity index (χ4n) is 3.24. The van der Waals surface area contributed by atoms with Crippen molar-refractivity contribution in [2.24, 2.45) is 11.3 Å². The van der Waals surface area contributed by atoms with Gasteiger partial charge in [-0.15, -0.1) is 0 Å². The molecule has 6 heteroatoms. The van der Waals surface area contributed by atoms with Crippen molar-refractivity contribution >= 4 is 28.0 Å². The molecule has 2 rings (SSSR count). The van der Waals surface area contributed by atoms with Gasteiger partial charge in [0.2, 0.25) is 0 Å². The Balaban J connectivity index is 2.13. The number of rotatable bonds is 4. The molecule has 1 amide bonds. The summed E-state index contributed by atoms with van der Waals surface area (Å²) in [5.41, 5.74) is -0.519. The highest BCUT2D eigenvalue weighted by atomic mass is 79.9. The Labute approximate surface area is 157 Å². The molecule has 0 saturated carbocycles. The minimum atomic E-state index is -0.933. The van der Waals surface area contributed by atoms with Crippen molar-refractivity contribution in [3.8, 4) is 0 Å². The van der Waals surface area contributed by atoms with E-state index in [0.29, 0.717) is 25.9 Å². The summed E-state index contributed by atoms with van der Waals surface area (Å²) in [7, 11) is 0. The van der Waals surface area contributed by atoms with Crippen LogP contribution in [0.1, 0.15) is 39.7 Å². The summed E-state index contributed by atoms with van der Waals surface area (Å²) < 4.78 is 6.34. The Morgan fingerprint density at radius 2 is 2.00 bits per heavy atom. The van der Waals surface area contributed by atoms with Crippen LogP contribution >= 0.6 is 15.9 Å². The number of hydrogen-bond acceptors (Lipinski definition) is 3. The second kappa shape index (κ2) is 7.36. The van der Waals surface area contributed by atoms with Crippen molar-refractivity contribution in [3.63, 3.8) is 0 Å². The minimum Gasteiger partial charge on any atom is -0.481 e. The summed E-state index contributed by atoms with van der Waals surface area (Å²) in [4.78, 5) is 25.9. The summed E-state index contributed by atoms with van der Waals surface area (Å²) >= 11 is 3.43. The lowest BCUT2D eigenvalue weighted by atomic mass is 9.72. The first-order valence-electron chi connectivity index (χ1n) is 8.47. The van der Waals surface area contributed by atoms with Gasteiger partial charge in [0.05, 0.1) is 5.41 Å². The monoisotopic (exact) mass is 411 g/mol. The molecule has 1 N–H and O–H groups in total. The van der Waals surface area contributed by atoms with Gasteiger partial charge in [0.1, 0.15) is 5.60 Å². The minimum absolute atomic E-state index is 0.114. The third kappa shape index (κ3) is 4.97. The number of ether oxygens (including phenoxy) is 1. The van der Waals surface area contributed by atoms with Gasteiger partial charge in [0, 0.05) is 17.6 Å². The lowest BCUT2D eigenvalue weighted by Gasteiger charge is -2.32. The SMILES string of the molecule is CC(C)(C)OC(=O)N1CC[C@H](C(C)(Cc2cccc(Br)c2)C(=O)O)C1. The first kappa shape index (κ1) is 19.8. The summed E-state index contributed by atoms with van der Waals surface area (Å²) in [6.07, 6.45) is 0.718. The molecule has 0 radical (unpaired) electrons. The van der Waals surface area contributed by atoms with Gasteiger partial charge in [-0.2, -0.15) is 0 Å². The van der Waals surface area contributed by atoms with E-state index in [0.717, 1.165) is 10.0 Å². The predicted molar refractivity (Wildman–Crippen MR) is 99.5 cm³/mol. The topological polar surface area (TPSA) is 66.8 Å². The number of likely N-dealkylation sites (tertiary alicyclic amines) is 1. The van der Waals surface area contributed by atoms with Crippen LogP contribution in [0.4, 0.5) is 4.79 Å². The number of nitrogens with zero attached hydrogens (tertiary/aromatic N) is 1. The summed E-state index contributed by atoms with van der Waals surface area (Å²) in [6, 6.07) is 7.71. The van der Waals surface area contributed by atoms with Gasteiger partial charge in [-0.05, 0) is 64.2 Å². The summed E-state index contributed by atoms with van der Waals surface area (Å²) in [5, 5.41) is 9.89. The van der Waals surface area contributed by atoms with Gasteiger partial charge >= 0.3 is 12.1 Å². The first-order chi connectivity index (χ1) is 11.5. The quantitative estimate of drug-likeness (QED) is 0.799. The maximum atomic E-state index is 12.3. The Morgan fingerprint density at radius 1 is 1.32 bits per heavy atom. The van der Waals surface area contributed by atoms with Gasteiger partial charge in [-0.1, -0.05) is 28.1 Å². The van der Waals surface area contributed by atoms with E-state index in [2.05, 4.69) is 15.9 Å². The lowest BCUT2D eigenvalue weighted by molar-refractivity contribution is -0.151. The number of carbonyl (C=O) groups excluding carboxylic acids is 1. The molecular weight excluding hydrogens is 386 g/mol. The second-order valence-electron chi connectivity index (χ2n) is 7.94. The molecular formula is C19H26BrNO4. The average molecular weight is 412 g/mol. The normalized spacial score (nSPS) is 20.2. The van der Waals surface area contributed by atoms with E-state index in [1.54, 1.807) is 11.8 Å². The van der Waals surface area contributed by atoms with Crippen molar-refractivity contribution < 1.29 is 19.4 Å². The first-order valence-corrected chi connectivity index (χ1v) is 9.26. The molecule has 1 unspecified atom stereocenters. The molecule has 0 bridgehead atoms. The largest absolute Gasteiger partial charge is 0.481 e. The zero-order valence-corrected chi connectivity index (χ0v) is 16.8. The molecule has 0 aliphatic carbocycles. The molecule has 1 aliphatic heterocycles. The van der Waals surface area contributed by atoms with Crippen molar-refractivity contribution in [1.82, 2.24) is 4.90 Å². The van der Waals surface area contributed by atoms with Crippen molar-refractivity contribution in [2.75, 3.05) is 13.1 Å². The number of halogens is 1. The highest BCUT2D eigenvalue weighted by Crippen LogP contribution is 2.38. The number of carboxylic acids is 1. The maximum absolute atomic E-state index is 12.3. The molecule has 0 aromatic heterocycles. The van der Waals surface area contributed by atoms with E-state index in [1.807, 2.05) is 45.0 Å². The van der Waals surface area contributed by atoms with Crippen LogP contribution in [-0.2, 0) is 16.0 Å². The Morgan fingerprint density at radius 3 is 2.56 bits per heavy atom. The zero-order chi connectivity index (χ0) is 18.8. The van der Waals surface area contributed by atoms with E-state index in [4.69, 9.17) is 4.74 Å². The Hall–Kier alpha value is -1.56. The van der Waals surface area contributed by atoms with Crippen LogP contribution in [0.15, 0.2) is 28.7 Å². The van der Waals surface area contributed by atoms with Crippen LogP contribution in [0.25, 0.3) is 0 Å². The van der Waals surface area contributed by atoms with Gasteiger partial charge in [0.15, 0.2) is 0 Å². The lowest BCUT2D eigenvalue weighted by Crippen LogP contribution is -2.41. The molecule has 1 saturated heterocycles. The fraction of sp³-hybridized carbons (Fsp3) is 0.579. The molecule has 1 aliphatic rings.